The lowest BCUT2D eigenvalue weighted by atomic mass is 10.2. The maximum atomic E-state index is 12.8. The number of hydrogen-bond donors (Lipinski definition) is 1. The number of rotatable bonds is 6. The van der Waals surface area contributed by atoms with Gasteiger partial charge >= 0.3 is 0 Å². The molecule has 1 aliphatic carbocycles. The summed E-state index contributed by atoms with van der Waals surface area (Å²) >= 11 is 0. The van der Waals surface area contributed by atoms with Crippen molar-refractivity contribution in [1.82, 2.24) is 4.31 Å². The van der Waals surface area contributed by atoms with Crippen LogP contribution in [0.5, 0.6) is 0 Å². The van der Waals surface area contributed by atoms with E-state index in [1.54, 1.807) is 42.7 Å². The molecule has 3 rings (SSSR count). The van der Waals surface area contributed by atoms with Gasteiger partial charge in [-0.25, -0.2) is 8.42 Å². The lowest BCUT2D eigenvalue weighted by molar-refractivity contribution is 0.281. The van der Waals surface area contributed by atoms with Crippen molar-refractivity contribution in [3.63, 3.8) is 0 Å². The van der Waals surface area contributed by atoms with Crippen molar-refractivity contribution in [2.45, 2.75) is 36.9 Å². The fourth-order valence-corrected chi connectivity index (χ4v) is 3.88. The summed E-state index contributed by atoms with van der Waals surface area (Å²) in [5, 5.41) is 9.04. The molecule has 0 unspecified atom stereocenters. The standard InChI is InChI=1S/C15H17NO4S/c17-11-12-3-7-15(8-4-12)21(18,19)16(13-5-6-13)10-14-2-1-9-20-14/h1-4,7-9,13,17H,5-6,10-11H2. The van der Waals surface area contributed by atoms with Crippen molar-refractivity contribution in [2.24, 2.45) is 0 Å². The second-order valence-corrected chi connectivity index (χ2v) is 7.05. The van der Waals surface area contributed by atoms with Gasteiger partial charge in [-0.1, -0.05) is 12.1 Å². The van der Waals surface area contributed by atoms with E-state index in [0.717, 1.165) is 12.8 Å². The number of benzene rings is 1. The summed E-state index contributed by atoms with van der Waals surface area (Å²) in [6.45, 7) is 0.154. The molecule has 1 N–H and O–H groups in total. The average molecular weight is 307 g/mol. The van der Waals surface area contributed by atoms with Crippen molar-refractivity contribution in [2.75, 3.05) is 0 Å². The molecule has 1 saturated carbocycles. The minimum absolute atomic E-state index is 0.0534. The van der Waals surface area contributed by atoms with Crippen LogP contribution in [0.25, 0.3) is 0 Å². The van der Waals surface area contributed by atoms with E-state index in [0.29, 0.717) is 11.3 Å². The maximum Gasteiger partial charge on any atom is 0.243 e. The normalized spacial score (nSPS) is 15.5. The molecule has 0 atom stereocenters. The summed E-state index contributed by atoms with van der Waals surface area (Å²) in [6.07, 6.45) is 3.31. The molecule has 0 spiro atoms. The highest BCUT2D eigenvalue weighted by atomic mass is 32.2. The minimum Gasteiger partial charge on any atom is -0.468 e. The quantitative estimate of drug-likeness (QED) is 0.887. The van der Waals surface area contributed by atoms with Crippen molar-refractivity contribution in [3.05, 3.63) is 54.0 Å². The fraction of sp³-hybridized carbons (Fsp3) is 0.333. The Kier molecular flexibility index (Phi) is 3.84. The number of aliphatic hydroxyl groups is 1. The third-order valence-corrected chi connectivity index (χ3v) is 5.47. The Bertz CT molecular complexity index is 688. The van der Waals surface area contributed by atoms with Crippen LogP contribution >= 0.6 is 0 Å². The van der Waals surface area contributed by atoms with E-state index in [1.165, 1.54) is 4.31 Å². The first-order chi connectivity index (χ1) is 10.1. The molecule has 0 saturated heterocycles. The monoisotopic (exact) mass is 307 g/mol. The molecular weight excluding hydrogens is 290 g/mol. The van der Waals surface area contributed by atoms with Crippen LogP contribution in [0.2, 0.25) is 0 Å². The SMILES string of the molecule is O=S(=O)(c1ccc(CO)cc1)N(Cc1ccco1)C1CC1. The maximum absolute atomic E-state index is 12.8. The van der Waals surface area contributed by atoms with Crippen molar-refractivity contribution < 1.29 is 17.9 Å². The van der Waals surface area contributed by atoms with Crippen LogP contribution in [-0.2, 0) is 23.2 Å². The molecule has 1 aromatic carbocycles. The van der Waals surface area contributed by atoms with Crippen molar-refractivity contribution >= 4 is 10.0 Å². The van der Waals surface area contributed by atoms with Gasteiger partial charge in [-0.3, -0.25) is 0 Å². The van der Waals surface area contributed by atoms with Gasteiger partial charge in [0, 0.05) is 6.04 Å². The summed E-state index contributed by atoms with van der Waals surface area (Å²) in [5.74, 6) is 0.637. The third kappa shape index (κ3) is 3.02. The van der Waals surface area contributed by atoms with Crippen LogP contribution in [0.15, 0.2) is 52.0 Å². The molecule has 5 nitrogen and oxygen atoms in total. The topological polar surface area (TPSA) is 70.8 Å². The largest absolute Gasteiger partial charge is 0.468 e. The summed E-state index contributed by atoms with van der Waals surface area (Å²) in [5.41, 5.74) is 0.693. The van der Waals surface area contributed by atoms with Gasteiger partial charge in [0.2, 0.25) is 10.0 Å². The van der Waals surface area contributed by atoms with Crippen LogP contribution in [-0.4, -0.2) is 23.9 Å². The number of sulfonamides is 1. The number of aliphatic hydroxyl groups excluding tert-OH is 1. The van der Waals surface area contributed by atoms with E-state index >= 15 is 0 Å². The first-order valence-electron chi connectivity index (χ1n) is 6.85. The molecule has 0 amide bonds. The van der Waals surface area contributed by atoms with Gasteiger partial charge in [-0.05, 0) is 42.7 Å². The second kappa shape index (κ2) is 5.63. The van der Waals surface area contributed by atoms with E-state index in [-0.39, 0.29) is 24.1 Å². The molecule has 0 bridgehead atoms. The molecule has 1 aromatic heterocycles. The Morgan fingerprint density at radius 3 is 2.43 bits per heavy atom. The predicted octanol–water partition coefficient (Wildman–Crippen LogP) is 2.13. The summed E-state index contributed by atoms with van der Waals surface area (Å²) in [7, 11) is -3.55. The second-order valence-electron chi connectivity index (χ2n) is 5.16. The number of hydrogen-bond acceptors (Lipinski definition) is 4. The Hall–Kier alpha value is -1.63. The lowest BCUT2D eigenvalue weighted by Gasteiger charge is -2.21. The molecule has 1 heterocycles. The van der Waals surface area contributed by atoms with Gasteiger partial charge in [0.05, 0.1) is 24.3 Å². The summed E-state index contributed by atoms with van der Waals surface area (Å²) in [6, 6.07) is 9.92. The Morgan fingerprint density at radius 1 is 1.19 bits per heavy atom. The smallest absolute Gasteiger partial charge is 0.243 e. The summed E-state index contributed by atoms with van der Waals surface area (Å²) in [4.78, 5) is 0.248. The minimum atomic E-state index is -3.55. The Labute approximate surface area is 123 Å². The Morgan fingerprint density at radius 2 is 1.90 bits per heavy atom. The average Bonchev–Trinajstić information content (AvgIpc) is 3.20. The van der Waals surface area contributed by atoms with Crippen LogP contribution in [0, 0.1) is 0 Å². The van der Waals surface area contributed by atoms with Crippen molar-refractivity contribution in [3.8, 4) is 0 Å². The zero-order chi connectivity index (χ0) is 14.9. The zero-order valence-corrected chi connectivity index (χ0v) is 12.3. The highest BCUT2D eigenvalue weighted by Gasteiger charge is 2.38. The first kappa shape index (κ1) is 14.3. The predicted molar refractivity (Wildman–Crippen MR) is 76.8 cm³/mol. The molecule has 6 heteroatoms. The molecule has 0 aliphatic heterocycles. The van der Waals surface area contributed by atoms with Gasteiger partial charge in [0.1, 0.15) is 5.76 Å². The molecular formula is C15H17NO4S. The third-order valence-electron chi connectivity index (χ3n) is 3.56. The van der Waals surface area contributed by atoms with E-state index in [1.807, 2.05) is 0 Å². The van der Waals surface area contributed by atoms with Crippen LogP contribution in [0.1, 0.15) is 24.2 Å². The van der Waals surface area contributed by atoms with E-state index in [4.69, 9.17) is 9.52 Å². The van der Waals surface area contributed by atoms with Crippen LogP contribution < -0.4 is 0 Å². The molecule has 112 valence electrons. The van der Waals surface area contributed by atoms with Crippen LogP contribution in [0.3, 0.4) is 0 Å². The van der Waals surface area contributed by atoms with Gasteiger partial charge in [-0.15, -0.1) is 0 Å². The van der Waals surface area contributed by atoms with Crippen LogP contribution in [0.4, 0.5) is 0 Å². The number of nitrogens with zero attached hydrogens (tertiary/aromatic N) is 1. The van der Waals surface area contributed by atoms with Gasteiger partial charge in [0.25, 0.3) is 0 Å². The lowest BCUT2D eigenvalue weighted by Crippen LogP contribution is -2.32. The molecule has 1 aliphatic rings. The Balaban J connectivity index is 1.89. The van der Waals surface area contributed by atoms with Gasteiger partial charge in [0.15, 0.2) is 0 Å². The highest BCUT2D eigenvalue weighted by Crippen LogP contribution is 2.33. The van der Waals surface area contributed by atoms with Gasteiger partial charge in [-0.2, -0.15) is 4.31 Å². The fourth-order valence-electron chi connectivity index (χ4n) is 2.23. The van der Waals surface area contributed by atoms with Gasteiger partial charge < -0.3 is 9.52 Å². The highest BCUT2D eigenvalue weighted by molar-refractivity contribution is 7.89. The summed E-state index contributed by atoms with van der Waals surface area (Å²) < 4.78 is 32.3. The van der Waals surface area contributed by atoms with E-state index < -0.39 is 10.0 Å². The number of furan rings is 1. The molecule has 2 aromatic rings. The molecule has 0 radical (unpaired) electrons. The van der Waals surface area contributed by atoms with E-state index in [9.17, 15) is 8.42 Å². The molecule has 1 fully saturated rings. The van der Waals surface area contributed by atoms with Crippen molar-refractivity contribution in [1.29, 1.82) is 0 Å². The van der Waals surface area contributed by atoms with E-state index in [2.05, 4.69) is 0 Å². The first-order valence-corrected chi connectivity index (χ1v) is 8.29. The molecule has 21 heavy (non-hydrogen) atoms. The zero-order valence-electron chi connectivity index (χ0n) is 11.5.